The topological polar surface area (TPSA) is 112 Å². The lowest BCUT2D eigenvalue weighted by molar-refractivity contribution is -0.387. The third-order valence-electron chi connectivity index (χ3n) is 4.09. The van der Waals surface area contributed by atoms with E-state index in [0.29, 0.717) is 0 Å². The van der Waals surface area contributed by atoms with Crippen molar-refractivity contribution in [1.82, 2.24) is 9.97 Å². The van der Waals surface area contributed by atoms with Crippen LogP contribution in [0.15, 0.2) is 84.1 Å². The molecular formula is C20H13N3O5S2. The van der Waals surface area contributed by atoms with Gasteiger partial charge in [-0.1, -0.05) is 12.1 Å². The van der Waals surface area contributed by atoms with E-state index >= 15 is 0 Å². The number of hydrogen-bond donors (Lipinski definition) is 0. The van der Waals surface area contributed by atoms with Gasteiger partial charge in [-0.15, -0.1) is 11.3 Å². The Morgan fingerprint density at radius 1 is 0.933 bits per heavy atom. The number of para-hydroxylation sites is 1. The quantitative estimate of drug-likeness (QED) is 0.246. The second kappa shape index (κ2) is 8.01. The number of nitrogens with zero attached hydrogens (tertiary/aromatic N) is 3. The molecule has 10 heteroatoms. The molecular weight excluding hydrogens is 426 g/mol. The van der Waals surface area contributed by atoms with E-state index < -0.39 is 25.6 Å². The van der Waals surface area contributed by atoms with Crippen LogP contribution >= 0.6 is 11.3 Å². The minimum atomic E-state index is -4.36. The smallest absolute Gasteiger partial charge is 0.346 e. The van der Waals surface area contributed by atoms with Crippen LogP contribution in [0, 0.1) is 10.1 Å². The number of aromatic nitrogens is 2. The zero-order valence-corrected chi connectivity index (χ0v) is 16.8. The zero-order valence-electron chi connectivity index (χ0n) is 15.2. The molecule has 0 saturated carbocycles. The molecule has 4 aromatic rings. The summed E-state index contributed by atoms with van der Waals surface area (Å²) < 4.78 is 30.1. The Kier molecular flexibility index (Phi) is 5.25. The summed E-state index contributed by atoms with van der Waals surface area (Å²) in [5.41, 5.74) is 1.20. The van der Waals surface area contributed by atoms with Crippen molar-refractivity contribution in [3.05, 3.63) is 89.4 Å². The molecule has 30 heavy (non-hydrogen) atoms. The standard InChI is InChI=1S/C20H13N3O5S2/c24-23(25)17-5-1-2-6-19(17)30(26,27)28-16-9-7-14(8-10-16)18-13-22-20(29-18)15-4-3-11-21-12-15/h1-13H. The van der Waals surface area contributed by atoms with Gasteiger partial charge in [0.05, 0.1) is 9.80 Å². The van der Waals surface area contributed by atoms with Gasteiger partial charge in [0.1, 0.15) is 10.8 Å². The van der Waals surface area contributed by atoms with Crippen LogP contribution in [0.4, 0.5) is 5.69 Å². The van der Waals surface area contributed by atoms with Gasteiger partial charge in [-0.05, 0) is 48.0 Å². The van der Waals surface area contributed by atoms with Gasteiger partial charge < -0.3 is 4.18 Å². The van der Waals surface area contributed by atoms with Crippen LogP contribution in [0.3, 0.4) is 0 Å². The fourth-order valence-electron chi connectivity index (χ4n) is 2.70. The van der Waals surface area contributed by atoms with Crippen molar-refractivity contribution in [2.24, 2.45) is 0 Å². The number of rotatable bonds is 6. The summed E-state index contributed by atoms with van der Waals surface area (Å²) >= 11 is 1.47. The Bertz CT molecular complexity index is 1300. The van der Waals surface area contributed by atoms with Gasteiger partial charge in [0.15, 0.2) is 4.90 Å². The molecule has 2 aromatic heterocycles. The molecule has 0 aliphatic rings. The summed E-state index contributed by atoms with van der Waals surface area (Å²) in [6.07, 6.45) is 5.15. The maximum Gasteiger partial charge on any atom is 0.346 e. The average Bonchev–Trinajstić information content (AvgIpc) is 3.25. The molecule has 0 aliphatic carbocycles. The number of nitro groups is 1. The van der Waals surface area contributed by atoms with Crippen molar-refractivity contribution in [1.29, 1.82) is 0 Å². The van der Waals surface area contributed by atoms with Gasteiger partial charge in [-0.2, -0.15) is 8.42 Å². The average molecular weight is 439 g/mol. The van der Waals surface area contributed by atoms with Crippen molar-refractivity contribution < 1.29 is 17.5 Å². The number of benzene rings is 2. The fourth-order valence-corrected chi connectivity index (χ4v) is 4.71. The van der Waals surface area contributed by atoms with Crippen molar-refractivity contribution in [2.75, 3.05) is 0 Å². The van der Waals surface area contributed by atoms with Crippen LogP contribution in [-0.2, 0) is 10.1 Å². The Labute approximate surface area is 175 Å². The molecule has 4 rings (SSSR count). The van der Waals surface area contributed by atoms with E-state index in [1.807, 2.05) is 12.1 Å². The Morgan fingerprint density at radius 2 is 1.70 bits per heavy atom. The second-order valence-electron chi connectivity index (χ2n) is 6.06. The summed E-state index contributed by atoms with van der Waals surface area (Å²) in [6.45, 7) is 0. The zero-order chi connectivity index (χ0) is 21.1. The molecule has 0 amide bonds. The molecule has 0 unspecified atom stereocenters. The lowest BCUT2D eigenvalue weighted by Crippen LogP contribution is -2.11. The van der Waals surface area contributed by atoms with Gasteiger partial charge in [-0.25, -0.2) is 4.98 Å². The van der Waals surface area contributed by atoms with E-state index in [0.717, 1.165) is 33.1 Å². The molecule has 2 heterocycles. The summed E-state index contributed by atoms with van der Waals surface area (Å²) in [5, 5.41) is 11.9. The van der Waals surface area contributed by atoms with Gasteiger partial charge in [0, 0.05) is 30.2 Å². The van der Waals surface area contributed by atoms with Crippen molar-refractivity contribution in [2.45, 2.75) is 4.90 Å². The molecule has 0 bridgehead atoms. The van der Waals surface area contributed by atoms with Crippen LogP contribution in [0.25, 0.3) is 21.0 Å². The van der Waals surface area contributed by atoms with E-state index in [1.54, 1.807) is 30.7 Å². The predicted octanol–water partition coefficient (Wildman–Crippen LogP) is 4.55. The molecule has 0 spiro atoms. The second-order valence-corrected chi connectivity index (χ2v) is 8.60. The van der Waals surface area contributed by atoms with Crippen LogP contribution in [0.1, 0.15) is 0 Å². The first-order chi connectivity index (χ1) is 14.4. The molecule has 150 valence electrons. The summed E-state index contributed by atoms with van der Waals surface area (Å²) in [6, 6.07) is 15.2. The molecule has 0 aliphatic heterocycles. The summed E-state index contributed by atoms with van der Waals surface area (Å²) in [7, 11) is -4.36. The van der Waals surface area contributed by atoms with Crippen molar-refractivity contribution in [3.63, 3.8) is 0 Å². The maximum absolute atomic E-state index is 12.5. The lowest BCUT2D eigenvalue weighted by Gasteiger charge is -2.08. The first kappa shape index (κ1) is 19.7. The minimum Gasteiger partial charge on any atom is -0.379 e. The molecule has 0 fully saturated rings. The van der Waals surface area contributed by atoms with Crippen molar-refractivity contribution in [3.8, 4) is 26.8 Å². The largest absolute Gasteiger partial charge is 0.379 e. The molecule has 0 radical (unpaired) electrons. The maximum atomic E-state index is 12.5. The monoisotopic (exact) mass is 439 g/mol. The summed E-state index contributed by atoms with van der Waals surface area (Å²) in [4.78, 5) is 19.2. The van der Waals surface area contributed by atoms with E-state index in [4.69, 9.17) is 4.18 Å². The normalized spacial score (nSPS) is 11.2. The third-order valence-corrected chi connectivity index (χ3v) is 6.48. The van der Waals surface area contributed by atoms with Gasteiger partial charge in [0.25, 0.3) is 5.69 Å². The van der Waals surface area contributed by atoms with E-state index in [-0.39, 0.29) is 5.75 Å². The minimum absolute atomic E-state index is 0.0499. The number of pyridine rings is 1. The highest BCUT2D eigenvalue weighted by Crippen LogP contribution is 2.33. The molecule has 8 nitrogen and oxygen atoms in total. The van der Waals surface area contributed by atoms with E-state index in [1.165, 1.54) is 35.6 Å². The highest BCUT2D eigenvalue weighted by Gasteiger charge is 2.27. The number of hydrogen-bond acceptors (Lipinski definition) is 8. The van der Waals surface area contributed by atoms with Crippen LogP contribution in [0.5, 0.6) is 5.75 Å². The number of thiazole rings is 1. The van der Waals surface area contributed by atoms with Crippen molar-refractivity contribution >= 4 is 27.1 Å². The molecule has 0 saturated heterocycles. The summed E-state index contributed by atoms with van der Waals surface area (Å²) in [5.74, 6) is 0.0499. The SMILES string of the molecule is O=[N+]([O-])c1ccccc1S(=O)(=O)Oc1ccc(-c2cnc(-c3cccnc3)s2)cc1. The first-order valence-corrected chi connectivity index (χ1v) is 10.8. The molecule has 2 aromatic carbocycles. The van der Waals surface area contributed by atoms with E-state index in [9.17, 15) is 18.5 Å². The fraction of sp³-hybridized carbons (Fsp3) is 0. The first-order valence-electron chi connectivity index (χ1n) is 8.58. The van der Waals surface area contributed by atoms with E-state index in [2.05, 4.69) is 9.97 Å². The van der Waals surface area contributed by atoms with Crippen LogP contribution in [-0.4, -0.2) is 23.3 Å². The third kappa shape index (κ3) is 4.04. The predicted molar refractivity (Wildman–Crippen MR) is 112 cm³/mol. The number of nitro benzene ring substituents is 1. The van der Waals surface area contributed by atoms with Gasteiger partial charge in [-0.3, -0.25) is 15.1 Å². The Hall–Kier alpha value is -3.63. The highest BCUT2D eigenvalue weighted by molar-refractivity contribution is 7.87. The van der Waals surface area contributed by atoms with Crippen LogP contribution < -0.4 is 4.18 Å². The Balaban J connectivity index is 1.56. The highest BCUT2D eigenvalue weighted by atomic mass is 32.2. The van der Waals surface area contributed by atoms with Gasteiger partial charge >= 0.3 is 10.1 Å². The lowest BCUT2D eigenvalue weighted by atomic mass is 10.2. The Morgan fingerprint density at radius 3 is 2.40 bits per heavy atom. The molecule has 0 N–H and O–H groups in total. The molecule has 0 atom stereocenters. The van der Waals surface area contributed by atoms with Crippen LogP contribution in [0.2, 0.25) is 0 Å². The van der Waals surface area contributed by atoms with Gasteiger partial charge in [0.2, 0.25) is 0 Å².